The number of halogens is 1. The molecule has 0 fully saturated rings. The second kappa shape index (κ2) is 3.21. The minimum absolute atomic E-state index is 0.188. The lowest BCUT2D eigenvalue weighted by molar-refractivity contribution is 0.604. The van der Waals surface area contributed by atoms with Crippen LogP contribution < -0.4 is 0 Å². The molecule has 74 valence electrons. The van der Waals surface area contributed by atoms with Gasteiger partial charge >= 0.3 is 0 Å². The van der Waals surface area contributed by atoms with E-state index in [4.69, 9.17) is 11.6 Å². The minimum Gasteiger partial charge on any atom is -0.243 e. The van der Waals surface area contributed by atoms with E-state index in [1.54, 1.807) is 17.5 Å². The van der Waals surface area contributed by atoms with Crippen molar-refractivity contribution in [2.75, 3.05) is 0 Å². The van der Waals surface area contributed by atoms with Crippen molar-refractivity contribution in [3.05, 3.63) is 28.4 Å². The Labute approximate surface area is 92.7 Å². The number of thiophene rings is 1. The van der Waals surface area contributed by atoms with Gasteiger partial charge in [-0.3, -0.25) is 0 Å². The summed E-state index contributed by atoms with van der Waals surface area (Å²) in [5.41, 5.74) is 0.188. The Morgan fingerprint density at radius 3 is 2.64 bits per heavy atom. The predicted molar refractivity (Wildman–Crippen MR) is 63.3 cm³/mol. The van der Waals surface area contributed by atoms with E-state index in [0.717, 1.165) is 4.70 Å². The van der Waals surface area contributed by atoms with Gasteiger partial charge in [0.25, 0.3) is 0 Å². The third kappa shape index (κ3) is 1.64. The molecule has 0 unspecified atom stereocenters. The van der Waals surface area contributed by atoms with Gasteiger partial charge in [-0.25, -0.2) is 4.98 Å². The summed E-state index contributed by atoms with van der Waals surface area (Å²) >= 11 is 7.76. The maximum Gasteiger partial charge on any atom is 0.146 e. The van der Waals surface area contributed by atoms with Crippen LogP contribution in [0.3, 0.4) is 0 Å². The first-order valence-corrected chi connectivity index (χ1v) is 5.72. The Kier molecular flexibility index (Phi) is 2.28. The molecule has 0 bridgehead atoms. The van der Waals surface area contributed by atoms with Crippen LogP contribution >= 0.6 is 22.9 Å². The molecule has 0 aliphatic heterocycles. The van der Waals surface area contributed by atoms with Crippen molar-refractivity contribution < 1.29 is 0 Å². The number of pyridine rings is 1. The van der Waals surface area contributed by atoms with Crippen LogP contribution in [0.1, 0.15) is 25.6 Å². The highest BCUT2D eigenvalue weighted by molar-refractivity contribution is 7.19. The van der Waals surface area contributed by atoms with Gasteiger partial charge in [0.2, 0.25) is 0 Å². The number of hydrogen-bond donors (Lipinski definition) is 0. The first-order chi connectivity index (χ1) is 6.48. The molecule has 0 spiro atoms. The molecule has 0 aliphatic carbocycles. The monoisotopic (exact) mass is 225 g/mol. The fraction of sp³-hybridized carbons (Fsp3) is 0.364. The second-order valence-electron chi connectivity index (χ2n) is 4.38. The standard InChI is InChI=1S/C11H12ClNS/c1-11(2,3)8-6-7-4-5-13-10(12)9(7)14-8/h4-6H,1-3H3. The molecule has 0 N–H and O–H groups in total. The lowest BCUT2D eigenvalue weighted by Crippen LogP contribution is -2.07. The van der Waals surface area contributed by atoms with E-state index >= 15 is 0 Å². The molecule has 0 atom stereocenters. The summed E-state index contributed by atoms with van der Waals surface area (Å²) in [4.78, 5) is 5.43. The summed E-state index contributed by atoms with van der Waals surface area (Å²) < 4.78 is 1.10. The molecule has 2 aromatic heterocycles. The topological polar surface area (TPSA) is 12.9 Å². The Hall–Kier alpha value is -0.600. The number of rotatable bonds is 0. The van der Waals surface area contributed by atoms with Crippen LogP contribution in [0.15, 0.2) is 18.3 Å². The number of hydrogen-bond acceptors (Lipinski definition) is 2. The van der Waals surface area contributed by atoms with Crippen LogP contribution in [-0.4, -0.2) is 4.98 Å². The quantitative estimate of drug-likeness (QED) is 0.611. The Morgan fingerprint density at radius 2 is 2.07 bits per heavy atom. The van der Waals surface area contributed by atoms with E-state index < -0.39 is 0 Å². The summed E-state index contributed by atoms with van der Waals surface area (Å²) in [6, 6.07) is 4.21. The first-order valence-electron chi connectivity index (χ1n) is 4.53. The van der Waals surface area contributed by atoms with Gasteiger partial charge in [-0.05, 0) is 22.9 Å². The molecule has 14 heavy (non-hydrogen) atoms. The maximum atomic E-state index is 6.02. The van der Waals surface area contributed by atoms with Gasteiger partial charge in [0.15, 0.2) is 0 Å². The van der Waals surface area contributed by atoms with Crippen molar-refractivity contribution in [3.63, 3.8) is 0 Å². The maximum absolute atomic E-state index is 6.02. The van der Waals surface area contributed by atoms with Crippen molar-refractivity contribution in [1.29, 1.82) is 0 Å². The summed E-state index contributed by atoms with van der Waals surface area (Å²) in [5, 5.41) is 1.81. The van der Waals surface area contributed by atoms with Crippen LogP contribution in [0.5, 0.6) is 0 Å². The molecule has 0 amide bonds. The highest BCUT2D eigenvalue weighted by Crippen LogP contribution is 2.36. The fourth-order valence-corrected chi connectivity index (χ4v) is 2.68. The van der Waals surface area contributed by atoms with Crippen molar-refractivity contribution in [2.45, 2.75) is 26.2 Å². The highest BCUT2D eigenvalue weighted by atomic mass is 35.5. The summed E-state index contributed by atoms with van der Waals surface area (Å²) in [7, 11) is 0. The predicted octanol–water partition coefficient (Wildman–Crippen LogP) is 4.25. The van der Waals surface area contributed by atoms with Crippen LogP contribution in [0.25, 0.3) is 10.1 Å². The molecule has 1 nitrogen and oxygen atoms in total. The molecule has 0 saturated heterocycles. The summed E-state index contributed by atoms with van der Waals surface area (Å²) in [6.07, 6.45) is 1.75. The largest absolute Gasteiger partial charge is 0.243 e. The van der Waals surface area contributed by atoms with E-state index in [1.807, 2.05) is 6.07 Å². The number of aromatic nitrogens is 1. The molecule has 3 heteroatoms. The average Bonchev–Trinajstić information content (AvgIpc) is 2.48. The first kappa shape index (κ1) is 9.94. The van der Waals surface area contributed by atoms with Crippen molar-refractivity contribution in [2.24, 2.45) is 0 Å². The van der Waals surface area contributed by atoms with E-state index in [1.165, 1.54) is 10.3 Å². The third-order valence-corrected chi connectivity index (χ3v) is 4.11. The van der Waals surface area contributed by atoms with Gasteiger partial charge in [-0.2, -0.15) is 0 Å². The van der Waals surface area contributed by atoms with Crippen LogP contribution in [-0.2, 0) is 5.41 Å². The van der Waals surface area contributed by atoms with E-state index in [2.05, 4.69) is 31.8 Å². The van der Waals surface area contributed by atoms with Crippen molar-refractivity contribution in [1.82, 2.24) is 4.98 Å². The van der Waals surface area contributed by atoms with E-state index in [-0.39, 0.29) is 5.41 Å². The van der Waals surface area contributed by atoms with Crippen molar-refractivity contribution >= 4 is 33.0 Å². The summed E-state index contributed by atoms with van der Waals surface area (Å²) in [5.74, 6) is 0. The lowest BCUT2D eigenvalue weighted by atomic mass is 9.94. The Morgan fingerprint density at radius 1 is 1.36 bits per heavy atom. The molecular formula is C11H12ClNS. The molecule has 2 rings (SSSR count). The number of fused-ring (bicyclic) bond motifs is 1. The van der Waals surface area contributed by atoms with Crippen LogP contribution in [0, 0.1) is 0 Å². The average molecular weight is 226 g/mol. The molecule has 0 aliphatic rings. The zero-order valence-electron chi connectivity index (χ0n) is 8.47. The van der Waals surface area contributed by atoms with E-state index in [0.29, 0.717) is 5.15 Å². The molecule has 2 aromatic rings. The highest BCUT2D eigenvalue weighted by Gasteiger charge is 2.17. The smallest absolute Gasteiger partial charge is 0.146 e. The summed E-state index contributed by atoms with van der Waals surface area (Å²) in [6.45, 7) is 6.62. The molecule has 0 radical (unpaired) electrons. The van der Waals surface area contributed by atoms with E-state index in [9.17, 15) is 0 Å². The zero-order valence-corrected chi connectivity index (χ0v) is 10.0. The zero-order chi connectivity index (χ0) is 10.3. The van der Waals surface area contributed by atoms with Gasteiger partial charge in [0.1, 0.15) is 5.15 Å². The SMILES string of the molecule is CC(C)(C)c1cc2ccnc(Cl)c2s1. The normalized spacial score (nSPS) is 12.3. The van der Waals surface area contributed by atoms with Gasteiger partial charge in [-0.1, -0.05) is 32.4 Å². The van der Waals surface area contributed by atoms with Gasteiger partial charge in [0, 0.05) is 11.1 Å². The van der Waals surface area contributed by atoms with Gasteiger partial charge in [0.05, 0.1) is 4.70 Å². The molecule has 2 heterocycles. The molecule has 0 aromatic carbocycles. The lowest BCUT2D eigenvalue weighted by Gasteiger charge is -2.14. The second-order valence-corrected chi connectivity index (χ2v) is 5.79. The third-order valence-electron chi connectivity index (χ3n) is 2.13. The Bertz CT molecular complexity index is 468. The van der Waals surface area contributed by atoms with Crippen LogP contribution in [0.4, 0.5) is 0 Å². The van der Waals surface area contributed by atoms with Gasteiger partial charge < -0.3 is 0 Å². The van der Waals surface area contributed by atoms with Gasteiger partial charge in [-0.15, -0.1) is 11.3 Å². The minimum atomic E-state index is 0.188. The fourth-order valence-electron chi connectivity index (χ4n) is 1.30. The number of nitrogens with zero attached hydrogens (tertiary/aromatic N) is 1. The molecule has 0 saturated carbocycles. The molecular weight excluding hydrogens is 214 g/mol. The van der Waals surface area contributed by atoms with Crippen molar-refractivity contribution in [3.8, 4) is 0 Å². The Balaban J connectivity index is 2.69. The van der Waals surface area contributed by atoms with Crippen LogP contribution in [0.2, 0.25) is 5.15 Å².